The zero-order valence-electron chi connectivity index (χ0n) is 11.2. The van der Waals surface area contributed by atoms with Crippen LogP contribution in [0.4, 0.5) is 0 Å². The molecule has 0 aliphatic rings. The summed E-state index contributed by atoms with van der Waals surface area (Å²) in [6, 6.07) is 8.11. The van der Waals surface area contributed by atoms with Crippen molar-refractivity contribution in [2.24, 2.45) is 0 Å². The van der Waals surface area contributed by atoms with Gasteiger partial charge in [-0.2, -0.15) is 5.26 Å². The molecular weight excluding hydrogens is 244 g/mol. The van der Waals surface area contributed by atoms with E-state index < -0.39 is 0 Å². The molecule has 1 rings (SSSR count). The molecule has 0 unspecified atom stereocenters. The van der Waals surface area contributed by atoms with Gasteiger partial charge in [0.1, 0.15) is 6.07 Å². The molecule has 1 aromatic rings. The fourth-order valence-corrected chi connectivity index (χ4v) is 2.16. The summed E-state index contributed by atoms with van der Waals surface area (Å²) >= 11 is 1.51. The Labute approximate surface area is 113 Å². The van der Waals surface area contributed by atoms with Crippen LogP contribution in [0.2, 0.25) is 0 Å². The van der Waals surface area contributed by atoms with Gasteiger partial charge in [-0.15, -0.1) is 11.8 Å². The quantitative estimate of drug-likeness (QED) is 0.802. The smallest absolute Gasteiger partial charge is 0.100 e. The molecule has 98 valence electrons. The Balaban J connectivity index is 2.76. The number of hydrogen-bond acceptors (Lipinski definition) is 4. The molecule has 0 aliphatic carbocycles. The molecule has 0 fully saturated rings. The van der Waals surface area contributed by atoms with E-state index in [0.717, 1.165) is 17.0 Å². The van der Waals surface area contributed by atoms with E-state index in [-0.39, 0.29) is 12.1 Å². The molecule has 3 nitrogen and oxygen atoms in total. The monoisotopic (exact) mass is 264 g/mol. The first-order valence-corrected chi connectivity index (χ1v) is 6.96. The van der Waals surface area contributed by atoms with Crippen LogP contribution in [-0.2, 0) is 6.54 Å². The number of rotatable bonds is 5. The van der Waals surface area contributed by atoms with Crippen LogP contribution < -0.4 is 5.32 Å². The number of aliphatic hydroxyl groups excluding tert-OH is 1. The highest BCUT2D eigenvalue weighted by Crippen LogP contribution is 2.23. The van der Waals surface area contributed by atoms with Gasteiger partial charge in [-0.25, -0.2) is 0 Å². The number of benzene rings is 1. The van der Waals surface area contributed by atoms with Crippen molar-refractivity contribution in [3.63, 3.8) is 0 Å². The zero-order valence-corrected chi connectivity index (χ0v) is 12.0. The predicted octanol–water partition coefficient (Wildman–Crippen LogP) is 2.53. The highest BCUT2D eigenvalue weighted by Gasteiger charge is 2.09. The van der Waals surface area contributed by atoms with Gasteiger partial charge in [0.15, 0.2) is 0 Å². The summed E-state index contributed by atoms with van der Waals surface area (Å²) in [5.41, 5.74) is 1.85. The lowest BCUT2D eigenvalue weighted by Gasteiger charge is -2.20. The Kier molecular flexibility index (Phi) is 5.67. The second-order valence-corrected chi connectivity index (χ2v) is 6.25. The van der Waals surface area contributed by atoms with Crippen LogP contribution in [0.3, 0.4) is 0 Å². The molecule has 0 atom stereocenters. The summed E-state index contributed by atoms with van der Waals surface area (Å²) in [6.07, 6.45) is 0. The van der Waals surface area contributed by atoms with Gasteiger partial charge in [0.25, 0.3) is 0 Å². The molecule has 0 amide bonds. The largest absolute Gasteiger partial charge is 0.396 e. The van der Waals surface area contributed by atoms with Gasteiger partial charge in [0.2, 0.25) is 0 Å². The van der Waals surface area contributed by atoms with Crippen LogP contribution in [0, 0.1) is 11.3 Å². The first kappa shape index (κ1) is 15.0. The molecule has 0 radical (unpaired) electrons. The average molecular weight is 264 g/mol. The zero-order chi connectivity index (χ0) is 13.6. The maximum Gasteiger partial charge on any atom is 0.100 e. The molecule has 2 N–H and O–H groups in total. The van der Waals surface area contributed by atoms with E-state index in [4.69, 9.17) is 10.4 Å². The number of thioether (sulfide) groups is 1. The van der Waals surface area contributed by atoms with Crippen molar-refractivity contribution in [2.75, 3.05) is 12.4 Å². The van der Waals surface area contributed by atoms with Crippen LogP contribution in [0.5, 0.6) is 0 Å². The Morgan fingerprint density at radius 2 is 2.11 bits per heavy atom. The first-order chi connectivity index (χ1) is 8.46. The van der Waals surface area contributed by atoms with Crippen molar-refractivity contribution in [1.29, 1.82) is 5.26 Å². The maximum atomic E-state index is 9.12. The Morgan fingerprint density at radius 3 is 2.67 bits per heavy atom. The van der Waals surface area contributed by atoms with Gasteiger partial charge in [-0.1, -0.05) is 6.07 Å². The van der Waals surface area contributed by atoms with Crippen LogP contribution in [0.25, 0.3) is 0 Å². The summed E-state index contributed by atoms with van der Waals surface area (Å²) < 4.78 is 0. The van der Waals surface area contributed by atoms with Gasteiger partial charge in [-0.05, 0) is 38.5 Å². The molecule has 0 aliphatic heterocycles. The van der Waals surface area contributed by atoms with Crippen LogP contribution in [0.1, 0.15) is 31.9 Å². The van der Waals surface area contributed by atoms with Crippen LogP contribution in [-0.4, -0.2) is 23.0 Å². The third kappa shape index (κ3) is 5.09. The molecule has 0 heterocycles. The van der Waals surface area contributed by atoms with Gasteiger partial charge in [0.05, 0.1) is 12.2 Å². The van der Waals surface area contributed by atoms with Crippen molar-refractivity contribution in [3.8, 4) is 6.07 Å². The van der Waals surface area contributed by atoms with Crippen molar-refractivity contribution in [2.45, 2.75) is 37.8 Å². The minimum absolute atomic E-state index is 0.0666. The molecule has 0 bridgehead atoms. The summed E-state index contributed by atoms with van der Waals surface area (Å²) in [4.78, 5) is 0.936. The second kappa shape index (κ2) is 6.79. The van der Waals surface area contributed by atoms with Crippen LogP contribution in [0.15, 0.2) is 23.1 Å². The van der Waals surface area contributed by atoms with Gasteiger partial charge in [0, 0.05) is 22.7 Å². The minimum Gasteiger partial charge on any atom is -0.396 e. The van der Waals surface area contributed by atoms with E-state index >= 15 is 0 Å². The Hall–Kier alpha value is -1.02. The maximum absolute atomic E-state index is 9.12. The van der Waals surface area contributed by atoms with Crippen molar-refractivity contribution in [3.05, 3.63) is 29.3 Å². The topological polar surface area (TPSA) is 56.0 Å². The number of nitrogens with one attached hydrogen (secondary N) is 1. The minimum atomic E-state index is 0.0666. The van der Waals surface area contributed by atoms with E-state index in [1.165, 1.54) is 11.8 Å². The number of nitriles is 1. The molecule has 1 aromatic carbocycles. The summed E-state index contributed by atoms with van der Waals surface area (Å²) in [5, 5.41) is 21.3. The van der Waals surface area contributed by atoms with Gasteiger partial charge in [-0.3, -0.25) is 0 Å². The highest BCUT2D eigenvalue weighted by atomic mass is 32.2. The van der Waals surface area contributed by atoms with Crippen molar-refractivity contribution in [1.82, 2.24) is 5.32 Å². The molecule has 0 saturated heterocycles. The third-order valence-corrected chi connectivity index (χ3v) is 3.39. The lowest BCUT2D eigenvalue weighted by molar-refractivity contribution is 0.322. The summed E-state index contributed by atoms with van der Waals surface area (Å²) in [6.45, 7) is 7.23. The highest BCUT2D eigenvalue weighted by molar-refractivity contribution is 7.99. The molecule has 0 aromatic heterocycles. The van der Waals surface area contributed by atoms with E-state index in [0.29, 0.717) is 11.3 Å². The molecular formula is C14H20N2OS. The lowest BCUT2D eigenvalue weighted by atomic mass is 10.1. The van der Waals surface area contributed by atoms with Gasteiger partial charge < -0.3 is 10.4 Å². The standard InChI is InChI=1S/C14H20N2OS/c1-14(2,3)16-10-11-4-5-13(18-7-6-17)12(8-11)9-15/h4-5,8,16-17H,6-7,10H2,1-3H3. The third-order valence-electron chi connectivity index (χ3n) is 2.34. The molecule has 0 saturated carbocycles. The second-order valence-electron chi connectivity index (χ2n) is 5.12. The van der Waals surface area contributed by atoms with E-state index in [1.807, 2.05) is 18.2 Å². The summed E-state index contributed by atoms with van der Waals surface area (Å²) in [7, 11) is 0. The van der Waals surface area contributed by atoms with Crippen molar-refractivity contribution >= 4 is 11.8 Å². The normalized spacial score (nSPS) is 11.3. The number of nitrogens with zero attached hydrogens (tertiary/aromatic N) is 1. The van der Waals surface area contributed by atoms with Crippen molar-refractivity contribution < 1.29 is 5.11 Å². The SMILES string of the molecule is CC(C)(C)NCc1ccc(SCCO)c(C#N)c1. The predicted molar refractivity (Wildman–Crippen MR) is 75.6 cm³/mol. The lowest BCUT2D eigenvalue weighted by Crippen LogP contribution is -2.35. The number of aliphatic hydroxyl groups is 1. The van der Waals surface area contributed by atoms with E-state index in [1.54, 1.807) is 0 Å². The summed E-state index contributed by atoms with van der Waals surface area (Å²) in [5.74, 6) is 0.619. The van der Waals surface area contributed by atoms with E-state index in [9.17, 15) is 0 Å². The molecule has 0 spiro atoms. The number of hydrogen-bond donors (Lipinski definition) is 2. The molecule has 4 heteroatoms. The average Bonchev–Trinajstić information content (AvgIpc) is 2.33. The molecule has 18 heavy (non-hydrogen) atoms. The van der Waals surface area contributed by atoms with Crippen LogP contribution >= 0.6 is 11.8 Å². The Bertz CT molecular complexity index is 432. The Morgan fingerprint density at radius 1 is 1.39 bits per heavy atom. The fraction of sp³-hybridized carbons (Fsp3) is 0.500. The first-order valence-electron chi connectivity index (χ1n) is 5.98. The van der Waals surface area contributed by atoms with E-state index in [2.05, 4.69) is 32.2 Å². The van der Waals surface area contributed by atoms with Gasteiger partial charge >= 0.3 is 0 Å². The fourth-order valence-electron chi connectivity index (χ4n) is 1.42.